The number of nitrogens with zero attached hydrogens (tertiary/aromatic N) is 3. The summed E-state index contributed by atoms with van der Waals surface area (Å²) in [5, 5.41) is 4.80. The first-order chi connectivity index (χ1) is 20.2. The largest absolute Gasteiger partial charge is 0.492 e. The molecule has 2 aromatic carbocycles. The molecule has 1 amide bonds. The molecule has 1 fully saturated rings. The zero-order chi connectivity index (χ0) is 31.3. The summed E-state index contributed by atoms with van der Waals surface area (Å²) in [7, 11) is -2.16. The summed E-state index contributed by atoms with van der Waals surface area (Å²) in [5.41, 5.74) is 11.7. The molecule has 0 spiro atoms. The number of anilines is 3. The predicted molar refractivity (Wildman–Crippen MR) is 171 cm³/mol. The van der Waals surface area contributed by atoms with E-state index >= 15 is 0 Å². The number of rotatable bonds is 9. The van der Waals surface area contributed by atoms with E-state index in [1.165, 1.54) is 20.0 Å². The fourth-order valence-corrected chi connectivity index (χ4v) is 5.74. The number of amides is 1. The molecule has 1 aliphatic heterocycles. The molecule has 0 bridgehead atoms. The van der Waals surface area contributed by atoms with Crippen molar-refractivity contribution in [2.75, 3.05) is 28.4 Å². The first-order valence-electron chi connectivity index (χ1n) is 14.4. The number of hydrogen-bond donors (Lipinski definition) is 4. The van der Waals surface area contributed by atoms with Crippen LogP contribution in [0.2, 0.25) is 0 Å². The Morgan fingerprint density at radius 1 is 1.14 bits per heavy atom. The molecule has 1 aliphatic carbocycles. The van der Waals surface area contributed by atoms with E-state index in [1.807, 2.05) is 63.3 Å². The van der Waals surface area contributed by atoms with Gasteiger partial charge in [0.25, 0.3) is 5.91 Å². The third kappa shape index (κ3) is 6.50. The van der Waals surface area contributed by atoms with Crippen molar-refractivity contribution in [3.8, 4) is 5.75 Å². The van der Waals surface area contributed by atoms with Crippen LogP contribution in [0.3, 0.4) is 0 Å². The van der Waals surface area contributed by atoms with Crippen molar-refractivity contribution in [3.05, 3.63) is 70.9 Å². The van der Waals surface area contributed by atoms with Gasteiger partial charge in [-0.1, -0.05) is 26.8 Å². The first-order valence-corrected chi connectivity index (χ1v) is 16.3. The van der Waals surface area contributed by atoms with E-state index in [2.05, 4.69) is 39.4 Å². The lowest BCUT2D eigenvalue weighted by Crippen LogP contribution is -2.37. The Bertz CT molecular complexity index is 1700. The average Bonchev–Trinajstić information content (AvgIpc) is 3.46. The number of methoxy groups -OCH3 is 1. The highest BCUT2D eigenvalue weighted by molar-refractivity contribution is 7.92. The summed E-state index contributed by atoms with van der Waals surface area (Å²) < 4.78 is 34.6. The van der Waals surface area contributed by atoms with E-state index in [0.29, 0.717) is 17.2 Å². The van der Waals surface area contributed by atoms with Crippen LogP contribution in [0.1, 0.15) is 92.4 Å². The van der Waals surface area contributed by atoms with Crippen LogP contribution in [-0.4, -0.2) is 37.2 Å². The van der Waals surface area contributed by atoms with Crippen molar-refractivity contribution in [3.63, 3.8) is 0 Å². The van der Waals surface area contributed by atoms with Crippen LogP contribution in [0.4, 0.5) is 17.1 Å². The Labute approximate surface area is 253 Å². The number of ether oxygens (including phenoxy) is 1. The average molecular weight is 608 g/mol. The lowest BCUT2D eigenvalue weighted by molar-refractivity contribution is 0.102. The number of sulfonamides is 1. The van der Waals surface area contributed by atoms with Crippen molar-refractivity contribution in [2.45, 2.75) is 71.8 Å². The van der Waals surface area contributed by atoms with E-state index in [0.717, 1.165) is 40.3 Å². The summed E-state index contributed by atoms with van der Waals surface area (Å²) in [4.78, 5) is 18.3. The molecule has 0 unspecified atom stereocenters. The van der Waals surface area contributed by atoms with Gasteiger partial charge in [-0.05, 0) is 74.4 Å². The van der Waals surface area contributed by atoms with Crippen LogP contribution in [0, 0.1) is 6.92 Å². The van der Waals surface area contributed by atoms with E-state index in [1.54, 1.807) is 12.1 Å². The number of carbonyl (C=O) groups excluding carboxylic acids is 1. The van der Waals surface area contributed by atoms with Crippen LogP contribution in [-0.2, 0) is 15.4 Å². The SMILES string of the molecule is COc1c(NC(=O)c2ccc(C)c(N3C=C(c4cnc(C5CC5)n4C(C)C)NN3)c2)cc(C(C)(C)C)cc1NS(C)(=O)=O. The third-order valence-corrected chi connectivity index (χ3v) is 8.15. The van der Waals surface area contributed by atoms with E-state index in [-0.39, 0.29) is 28.8 Å². The highest BCUT2D eigenvalue weighted by Crippen LogP contribution is 2.42. The van der Waals surface area contributed by atoms with Gasteiger partial charge in [-0.3, -0.25) is 20.0 Å². The summed E-state index contributed by atoms with van der Waals surface area (Å²) in [6.07, 6.45) is 7.31. The molecule has 2 aliphatic rings. The monoisotopic (exact) mass is 607 g/mol. The van der Waals surface area contributed by atoms with Gasteiger partial charge in [-0.25, -0.2) is 13.4 Å². The summed E-state index contributed by atoms with van der Waals surface area (Å²) >= 11 is 0. The van der Waals surface area contributed by atoms with Crippen molar-refractivity contribution in [1.29, 1.82) is 0 Å². The van der Waals surface area contributed by atoms with Gasteiger partial charge in [0, 0.05) is 17.5 Å². The van der Waals surface area contributed by atoms with E-state index in [4.69, 9.17) is 9.72 Å². The highest BCUT2D eigenvalue weighted by atomic mass is 32.2. The molecular weight excluding hydrogens is 566 g/mol. The molecule has 2 heterocycles. The van der Waals surface area contributed by atoms with Crippen LogP contribution in [0.5, 0.6) is 5.75 Å². The molecule has 43 heavy (non-hydrogen) atoms. The molecule has 0 saturated heterocycles. The lowest BCUT2D eigenvalue weighted by Gasteiger charge is -2.24. The second-order valence-electron chi connectivity index (χ2n) is 12.6. The Balaban J connectivity index is 1.45. The standard InChI is InChI=1S/C31H41N7O4S/c1-18(2)38-27(16-32-29(38)20-11-12-20)25-17-37(36-34-25)26-13-21(10-9-19(26)3)30(39)33-23-14-22(31(4,5)6)15-24(28(23)42-7)35-43(8,40)41/h9-10,13-18,20,34-36H,11-12H2,1-8H3,(H,33,39). The fraction of sp³-hybridized carbons (Fsp3) is 0.419. The smallest absolute Gasteiger partial charge is 0.255 e. The molecule has 0 atom stereocenters. The molecule has 1 saturated carbocycles. The van der Waals surface area contributed by atoms with Gasteiger partial charge < -0.3 is 14.6 Å². The lowest BCUT2D eigenvalue weighted by atomic mass is 9.86. The third-order valence-electron chi connectivity index (χ3n) is 7.56. The van der Waals surface area contributed by atoms with Crippen LogP contribution in [0.15, 0.2) is 42.7 Å². The summed E-state index contributed by atoms with van der Waals surface area (Å²) in [5.74, 6) is 1.52. The normalized spacial score (nSPS) is 15.4. The van der Waals surface area contributed by atoms with Crippen molar-refractivity contribution >= 4 is 38.7 Å². The molecule has 1 aromatic heterocycles. The molecule has 5 rings (SSSR count). The number of hydrogen-bond acceptors (Lipinski definition) is 8. The number of nitrogens with one attached hydrogen (secondary N) is 4. The van der Waals surface area contributed by atoms with Gasteiger partial charge in [0.2, 0.25) is 10.0 Å². The zero-order valence-corrected chi connectivity index (χ0v) is 26.8. The summed E-state index contributed by atoms with van der Waals surface area (Å²) in [6.45, 7) is 12.3. The van der Waals surface area contributed by atoms with E-state index < -0.39 is 10.0 Å². The van der Waals surface area contributed by atoms with Crippen molar-refractivity contribution < 1.29 is 17.9 Å². The maximum Gasteiger partial charge on any atom is 0.255 e. The quantitative estimate of drug-likeness (QED) is 0.254. The zero-order valence-electron chi connectivity index (χ0n) is 26.0. The Hall–Kier alpha value is -4.03. The number of aromatic nitrogens is 2. The molecule has 12 heteroatoms. The van der Waals surface area contributed by atoms with Gasteiger partial charge in [0.15, 0.2) is 5.75 Å². The molecule has 0 radical (unpaired) electrons. The molecule has 11 nitrogen and oxygen atoms in total. The topological polar surface area (TPSA) is 130 Å². The number of imidazole rings is 1. The highest BCUT2D eigenvalue weighted by Gasteiger charge is 2.31. The van der Waals surface area contributed by atoms with Crippen molar-refractivity contribution in [1.82, 2.24) is 20.5 Å². The van der Waals surface area contributed by atoms with Gasteiger partial charge in [-0.2, -0.15) is 0 Å². The second-order valence-corrected chi connectivity index (χ2v) is 14.3. The molecule has 3 aromatic rings. The number of benzene rings is 2. The number of hydrazine groups is 2. The van der Waals surface area contributed by atoms with Crippen LogP contribution < -0.4 is 30.7 Å². The minimum absolute atomic E-state index is 0.226. The molecule has 4 N–H and O–H groups in total. The molecular formula is C31H41N7O4S. The van der Waals surface area contributed by atoms with Gasteiger partial charge in [0.1, 0.15) is 5.82 Å². The molecule has 230 valence electrons. The first kappa shape index (κ1) is 30.4. The minimum atomic E-state index is -3.59. The maximum atomic E-state index is 13.6. The Kier molecular flexibility index (Phi) is 7.95. The van der Waals surface area contributed by atoms with Gasteiger partial charge >= 0.3 is 0 Å². The van der Waals surface area contributed by atoms with Gasteiger partial charge in [-0.15, -0.1) is 5.53 Å². The Morgan fingerprint density at radius 2 is 1.84 bits per heavy atom. The number of aryl methyl sites for hydroxylation is 1. The fourth-order valence-electron chi connectivity index (χ4n) is 5.19. The van der Waals surface area contributed by atoms with Crippen molar-refractivity contribution in [2.24, 2.45) is 0 Å². The minimum Gasteiger partial charge on any atom is -0.492 e. The van der Waals surface area contributed by atoms with Crippen LogP contribution >= 0.6 is 0 Å². The van der Waals surface area contributed by atoms with Gasteiger partial charge in [0.05, 0.1) is 54.2 Å². The predicted octanol–water partition coefficient (Wildman–Crippen LogP) is 5.41. The maximum absolute atomic E-state index is 13.6. The summed E-state index contributed by atoms with van der Waals surface area (Å²) in [6, 6.07) is 9.27. The van der Waals surface area contributed by atoms with E-state index in [9.17, 15) is 13.2 Å². The number of carbonyl (C=O) groups is 1. The Morgan fingerprint density at radius 3 is 2.44 bits per heavy atom. The second kappa shape index (κ2) is 11.2. The van der Waals surface area contributed by atoms with Crippen LogP contribution in [0.25, 0.3) is 5.70 Å².